The van der Waals surface area contributed by atoms with Gasteiger partial charge in [0.2, 0.25) is 5.91 Å². The van der Waals surface area contributed by atoms with Crippen LogP contribution in [0.25, 0.3) is 54.8 Å². The largest absolute Gasteiger partial charge is 0.490 e. The molecule has 0 unspecified atom stereocenters. The number of aliphatic hydroxyl groups excluding tert-OH is 1. The van der Waals surface area contributed by atoms with Crippen LogP contribution < -0.4 is 4.74 Å². The minimum atomic E-state index is -0.870. The lowest BCUT2D eigenvalue weighted by molar-refractivity contribution is -0.129. The molecule has 12 heteroatoms. The Morgan fingerprint density at radius 2 is 1.98 bits per heavy atom. The van der Waals surface area contributed by atoms with Crippen LogP contribution in [-0.4, -0.2) is 59.7 Å². The van der Waals surface area contributed by atoms with Gasteiger partial charge >= 0.3 is 0 Å². The van der Waals surface area contributed by atoms with Crippen molar-refractivity contribution in [1.82, 2.24) is 29.4 Å². The van der Waals surface area contributed by atoms with Gasteiger partial charge in [-0.05, 0) is 43.5 Å². The van der Waals surface area contributed by atoms with Crippen molar-refractivity contribution in [3.8, 4) is 39.5 Å². The number of pyridine rings is 1. The van der Waals surface area contributed by atoms with E-state index in [1.165, 1.54) is 24.3 Å². The van der Waals surface area contributed by atoms with Gasteiger partial charge in [0.15, 0.2) is 0 Å². The summed E-state index contributed by atoms with van der Waals surface area (Å²) in [6.45, 7) is 7.82. The second-order valence-electron chi connectivity index (χ2n) is 11.4. The smallest absolute Gasteiger partial charge is 0.246 e. The summed E-state index contributed by atoms with van der Waals surface area (Å²) in [5.74, 6) is -1.88. The Bertz CT molecular complexity index is 2170. The van der Waals surface area contributed by atoms with Crippen molar-refractivity contribution in [2.24, 2.45) is 7.05 Å². The maximum atomic E-state index is 16.0. The maximum Gasteiger partial charge on any atom is 0.246 e. The highest BCUT2D eigenvalue weighted by atomic mass is 32.1. The molecule has 1 aliphatic heterocycles. The topological polar surface area (TPSA) is 98.3 Å². The first kappa shape index (κ1) is 29.8. The molecule has 234 valence electrons. The summed E-state index contributed by atoms with van der Waals surface area (Å²) in [6, 6.07) is 11.3. The van der Waals surface area contributed by atoms with E-state index in [2.05, 4.69) is 11.7 Å². The number of aryl methyl sites for hydroxylation is 1. The molecule has 2 atom stereocenters. The van der Waals surface area contributed by atoms with Crippen LogP contribution in [0.3, 0.4) is 0 Å². The summed E-state index contributed by atoms with van der Waals surface area (Å²) in [6.07, 6.45) is 2.36. The molecule has 9 nitrogen and oxygen atoms in total. The minimum Gasteiger partial charge on any atom is -0.490 e. The van der Waals surface area contributed by atoms with Crippen LogP contribution in [-0.2, 0) is 18.4 Å². The number of benzene rings is 2. The van der Waals surface area contributed by atoms with Gasteiger partial charge in [0.25, 0.3) is 0 Å². The van der Waals surface area contributed by atoms with Gasteiger partial charge in [0.05, 0.1) is 41.2 Å². The highest BCUT2D eigenvalue weighted by Gasteiger charge is 2.31. The lowest BCUT2D eigenvalue weighted by atomic mass is 9.96. The van der Waals surface area contributed by atoms with E-state index in [9.17, 15) is 14.3 Å². The molecule has 0 fully saturated rings. The summed E-state index contributed by atoms with van der Waals surface area (Å²) < 4.78 is 40.7. The first-order valence-electron chi connectivity index (χ1n) is 14.8. The summed E-state index contributed by atoms with van der Waals surface area (Å²) in [4.78, 5) is 19.5. The quantitative estimate of drug-likeness (QED) is 0.200. The lowest BCUT2D eigenvalue weighted by Gasteiger charge is -2.33. The first-order valence-corrected chi connectivity index (χ1v) is 15.7. The van der Waals surface area contributed by atoms with Crippen molar-refractivity contribution >= 4 is 38.2 Å². The van der Waals surface area contributed by atoms with Crippen molar-refractivity contribution in [2.75, 3.05) is 13.2 Å². The highest BCUT2D eigenvalue weighted by molar-refractivity contribution is 7.18. The summed E-state index contributed by atoms with van der Waals surface area (Å²) >= 11 is 1.40. The van der Waals surface area contributed by atoms with Gasteiger partial charge in [0.1, 0.15) is 35.4 Å². The summed E-state index contributed by atoms with van der Waals surface area (Å²) in [5, 5.41) is 23.1. The summed E-state index contributed by atoms with van der Waals surface area (Å²) in [7, 11) is 1.86. The molecule has 7 rings (SSSR count). The third-order valence-electron chi connectivity index (χ3n) is 8.21. The van der Waals surface area contributed by atoms with E-state index in [0.29, 0.717) is 40.4 Å². The zero-order valence-electron chi connectivity index (χ0n) is 25.4. The van der Waals surface area contributed by atoms with Crippen molar-refractivity contribution in [3.63, 3.8) is 0 Å². The van der Waals surface area contributed by atoms with E-state index in [1.807, 2.05) is 60.6 Å². The van der Waals surface area contributed by atoms with E-state index in [1.54, 1.807) is 9.58 Å². The Kier molecular flexibility index (Phi) is 7.41. The van der Waals surface area contributed by atoms with Crippen LogP contribution in [0.5, 0.6) is 5.75 Å². The fourth-order valence-corrected chi connectivity index (χ4v) is 7.05. The zero-order chi connectivity index (χ0) is 32.3. The van der Waals surface area contributed by atoms with E-state index < -0.39 is 17.7 Å². The van der Waals surface area contributed by atoms with Crippen LogP contribution in [0.15, 0.2) is 66.7 Å². The van der Waals surface area contributed by atoms with Gasteiger partial charge < -0.3 is 14.7 Å². The monoisotopic (exact) mass is 640 g/mol. The molecule has 2 aromatic carbocycles. The van der Waals surface area contributed by atoms with Gasteiger partial charge in [-0.15, -0.1) is 11.3 Å². The fraction of sp³-hybridized carbons (Fsp3) is 0.235. The second-order valence-corrected chi connectivity index (χ2v) is 12.3. The molecule has 0 bridgehead atoms. The molecule has 1 amide bonds. The second kappa shape index (κ2) is 11.5. The van der Waals surface area contributed by atoms with Crippen molar-refractivity contribution < 1.29 is 23.4 Å². The van der Waals surface area contributed by atoms with Crippen LogP contribution in [0.1, 0.15) is 25.6 Å². The number of thiophene rings is 1. The predicted molar refractivity (Wildman–Crippen MR) is 173 cm³/mol. The van der Waals surface area contributed by atoms with Gasteiger partial charge in [-0.1, -0.05) is 18.7 Å². The van der Waals surface area contributed by atoms with Crippen LogP contribution in [0, 0.1) is 11.6 Å². The third-order valence-corrected chi connectivity index (χ3v) is 9.14. The molecule has 46 heavy (non-hydrogen) atoms. The number of aromatic nitrogens is 5. The number of hydrogen-bond donors (Lipinski definition) is 1. The fourth-order valence-electron chi connectivity index (χ4n) is 6.10. The molecule has 0 saturated heterocycles. The number of fused-ring (bicyclic) bond motifs is 3. The molecule has 0 radical (unpaired) electrons. The van der Waals surface area contributed by atoms with Gasteiger partial charge in [-0.2, -0.15) is 10.2 Å². The van der Waals surface area contributed by atoms with Crippen LogP contribution >= 0.6 is 11.3 Å². The Hall–Kier alpha value is -4.94. The van der Waals surface area contributed by atoms with Gasteiger partial charge in [0, 0.05) is 58.5 Å². The minimum absolute atomic E-state index is 0.0196. The molecule has 4 aromatic heterocycles. The van der Waals surface area contributed by atoms with Gasteiger partial charge in [-0.3, -0.25) is 14.2 Å². The predicted octanol–water partition coefficient (Wildman–Crippen LogP) is 6.51. The Labute approximate surface area is 267 Å². The SMILES string of the molecule is C=CC(=O)N1CCn2nc(-c3nc(-c4ccc5cn(C)nc5c4)c4ccsc4c3-c3c(F)cc(F)cc3OC[C@@H](C)O)cc2[C@H]1C. The van der Waals surface area contributed by atoms with Crippen molar-refractivity contribution in [1.29, 1.82) is 0 Å². The molecule has 5 heterocycles. The molecular weight excluding hydrogens is 610 g/mol. The lowest BCUT2D eigenvalue weighted by Crippen LogP contribution is -2.40. The van der Waals surface area contributed by atoms with E-state index in [-0.39, 0.29) is 29.9 Å². The van der Waals surface area contributed by atoms with E-state index >= 15 is 4.39 Å². The zero-order valence-corrected chi connectivity index (χ0v) is 26.2. The molecular formula is C34H30F2N6O3S. The molecule has 6 aromatic rings. The number of halogens is 2. The van der Waals surface area contributed by atoms with Gasteiger partial charge in [-0.25, -0.2) is 13.8 Å². The average Bonchev–Trinajstić information content (AvgIpc) is 3.77. The number of carbonyl (C=O) groups excluding carboxylic acids is 1. The maximum absolute atomic E-state index is 16.0. The summed E-state index contributed by atoms with van der Waals surface area (Å²) in [5.41, 5.74) is 4.30. The average molecular weight is 641 g/mol. The standard InChI is InChI=1S/C34H30F2N6O3S/c1-5-29(44)41-9-10-42-27(19(41)3)15-26(39-42)33-31(30-24(36)13-22(35)14-28(30)45-17-18(2)43)34-23(8-11-46-34)32(37-33)20-6-7-21-16-40(4)38-25(21)12-20/h5-8,11-16,18-19,43H,1,9-10,17H2,2-4H3/t18-,19-/m1/s1. The Balaban J connectivity index is 1.51. The Morgan fingerprint density at radius 3 is 2.76 bits per heavy atom. The van der Waals surface area contributed by atoms with E-state index in [0.717, 1.165) is 39.7 Å². The number of hydrogen-bond acceptors (Lipinski definition) is 7. The number of rotatable bonds is 7. The number of ether oxygens (including phenoxy) is 1. The van der Waals surface area contributed by atoms with E-state index in [4.69, 9.17) is 14.8 Å². The van der Waals surface area contributed by atoms with Crippen molar-refractivity contribution in [2.45, 2.75) is 32.5 Å². The number of aliphatic hydroxyl groups is 1. The third kappa shape index (κ3) is 5.03. The molecule has 0 saturated carbocycles. The molecule has 0 spiro atoms. The number of carbonyl (C=O) groups is 1. The normalized spacial score (nSPS) is 15.3. The molecule has 1 N–H and O–H groups in total. The number of amides is 1. The highest BCUT2D eigenvalue weighted by Crippen LogP contribution is 2.47. The molecule has 1 aliphatic rings. The first-order chi connectivity index (χ1) is 22.1. The van der Waals surface area contributed by atoms with Crippen LogP contribution in [0.4, 0.5) is 8.78 Å². The number of nitrogens with zero attached hydrogens (tertiary/aromatic N) is 6. The Morgan fingerprint density at radius 1 is 1.15 bits per heavy atom. The van der Waals surface area contributed by atoms with Crippen molar-refractivity contribution in [3.05, 3.63) is 84.0 Å². The molecule has 0 aliphatic carbocycles. The van der Waals surface area contributed by atoms with Crippen LogP contribution in [0.2, 0.25) is 0 Å².